The average Bonchev–Trinajstić information content (AvgIpc) is 3.86. The van der Waals surface area contributed by atoms with E-state index in [1.165, 1.54) is 19.0 Å². The minimum absolute atomic E-state index is 0.117. The lowest BCUT2D eigenvalue weighted by Gasteiger charge is -2.45. The predicted molar refractivity (Wildman–Crippen MR) is 173 cm³/mol. The third-order valence-corrected chi connectivity index (χ3v) is 11.7. The number of ether oxygens (including phenoxy) is 1. The first-order valence-electron chi connectivity index (χ1n) is 17.1. The lowest BCUT2D eigenvalue weighted by Crippen LogP contribution is -2.62. The molecule has 0 radical (unpaired) electrons. The van der Waals surface area contributed by atoms with Crippen molar-refractivity contribution in [3.8, 4) is 17.3 Å². The first kappa shape index (κ1) is 32.5. The van der Waals surface area contributed by atoms with Crippen LogP contribution in [-0.2, 0) is 6.18 Å². The summed E-state index contributed by atoms with van der Waals surface area (Å²) in [7, 11) is 0. The Hall–Kier alpha value is -3.65. The first-order valence-corrected chi connectivity index (χ1v) is 17.1. The second-order valence-corrected chi connectivity index (χ2v) is 14.7. The summed E-state index contributed by atoms with van der Waals surface area (Å²) in [6, 6.07) is 0.901. The summed E-state index contributed by atoms with van der Waals surface area (Å²) in [4.78, 5) is 17.6. The summed E-state index contributed by atoms with van der Waals surface area (Å²) in [5, 5.41) is 4.07. The molecule has 3 atom stereocenters. The van der Waals surface area contributed by atoms with Gasteiger partial charge in [0.05, 0.1) is 34.1 Å². The Labute approximate surface area is 280 Å². The van der Waals surface area contributed by atoms with Crippen LogP contribution in [0, 0.1) is 24.5 Å². The Morgan fingerprint density at radius 2 is 1.90 bits per heavy atom. The molecule has 2 bridgehead atoms. The van der Waals surface area contributed by atoms with Gasteiger partial charge in [-0.05, 0) is 81.5 Å². The normalized spacial score (nSPS) is 28.3. The number of pyridine rings is 1. The van der Waals surface area contributed by atoms with Gasteiger partial charge in [0, 0.05) is 37.4 Å². The molecular weight excluding hydrogens is 648 g/mol. The number of nitrogens with zero attached hydrogens (tertiary/aromatic N) is 5. The summed E-state index contributed by atoms with van der Waals surface area (Å²) in [6.45, 7) is 3.72. The highest BCUT2D eigenvalue weighted by atomic mass is 19.4. The van der Waals surface area contributed by atoms with E-state index in [1.54, 1.807) is 0 Å². The molecule has 0 spiro atoms. The van der Waals surface area contributed by atoms with Crippen LogP contribution in [0.4, 0.5) is 37.8 Å². The van der Waals surface area contributed by atoms with Gasteiger partial charge in [0.1, 0.15) is 23.6 Å². The van der Waals surface area contributed by atoms with Gasteiger partial charge in [-0.3, -0.25) is 9.88 Å². The third kappa shape index (κ3) is 5.31. The Bertz CT molecular complexity index is 1850. The Balaban J connectivity index is 1.26. The SMILES string of the molecule is Cc1cc(N)c(F)c(-c2ncc3c(N4C[C@@H]5CC[C@](C6CCCC6)(C4)N5)nc(OC[C@@]45CCCN4C/C(=C\F)C5)nc3c2F)c1C(F)(F)F. The number of anilines is 2. The van der Waals surface area contributed by atoms with Crippen LogP contribution in [0.2, 0.25) is 0 Å². The number of fused-ring (bicyclic) bond motifs is 4. The van der Waals surface area contributed by atoms with E-state index in [4.69, 9.17) is 15.5 Å². The van der Waals surface area contributed by atoms with Crippen LogP contribution in [0.15, 0.2) is 24.2 Å². The quantitative estimate of drug-likeness (QED) is 0.215. The van der Waals surface area contributed by atoms with Gasteiger partial charge in [0.2, 0.25) is 0 Å². The molecular formula is C35H39F6N7O. The molecule has 49 heavy (non-hydrogen) atoms. The molecule has 1 saturated carbocycles. The van der Waals surface area contributed by atoms with Crippen molar-refractivity contribution in [3.05, 3.63) is 46.9 Å². The van der Waals surface area contributed by atoms with Crippen LogP contribution in [0.25, 0.3) is 22.2 Å². The van der Waals surface area contributed by atoms with Crippen LogP contribution in [0.5, 0.6) is 6.01 Å². The van der Waals surface area contributed by atoms with Crippen molar-refractivity contribution in [3.63, 3.8) is 0 Å². The molecule has 6 heterocycles. The monoisotopic (exact) mass is 687 g/mol. The van der Waals surface area contributed by atoms with Crippen LogP contribution < -0.4 is 20.7 Å². The fourth-order valence-electron chi connectivity index (χ4n) is 9.57. The maximum Gasteiger partial charge on any atom is 0.417 e. The topological polar surface area (TPSA) is 92.4 Å². The number of nitrogen functional groups attached to an aromatic ring is 1. The van der Waals surface area contributed by atoms with E-state index in [9.17, 15) is 17.6 Å². The van der Waals surface area contributed by atoms with E-state index in [1.807, 2.05) is 0 Å². The lowest BCUT2D eigenvalue weighted by atomic mass is 9.80. The summed E-state index contributed by atoms with van der Waals surface area (Å²) in [5.41, 5.74) is 1.30. The second-order valence-electron chi connectivity index (χ2n) is 14.7. The highest BCUT2D eigenvalue weighted by molar-refractivity contribution is 5.92. The van der Waals surface area contributed by atoms with Crippen molar-refractivity contribution in [1.82, 2.24) is 25.2 Å². The van der Waals surface area contributed by atoms with E-state index >= 15 is 8.78 Å². The molecule has 8 nitrogen and oxygen atoms in total. The molecule has 5 fully saturated rings. The van der Waals surface area contributed by atoms with Crippen molar-refractivity contribution >= 4 is 22.4 Å². The number of rotatable bonds is 6. The number of aryl methyl sites for hydroxylation is 1. The molecule has 1 aromatic carbocycles. The average molecular weight is 688 g/mol. The lowest BCUT2D eigenvalue weighted by molar-refractivity contribution is -0.137. The van der Waals surface area contributed by atoms with E-state index in [2.05, 4.69) is 25.1 Å². The maximum absolute atomic E-state index is 16.8. The standard InChI is InChI=1S/C35H39F6N7O/c1-19-11-24(42)27(37)25(26(19)35(39,40)41)30-28(38)29-23(14-43-30)31(47-16-22-7-9-34(17-47,46-22)21-5-2-3-6-21)45-32(44-29)49-18-33-8-4-10-48(33)15-20(12-33)13-36/h11,13-14,21-22,46H,2-10,12,15-18,42H2,1H3/b20-13-/t22-,33-,34+/m0/s1. The van der Waals surface area contributed by atoms with Gasteiger partial charge in [-0.15, -0.1) is 0 Å². The van der Waals surface area contributed by atoms with Gasteiger partial charge < -0.3 is 20.7 Å². The highest BCUT2D eigenvalue weighted by Gasteiger charge is 2.51. The molecule has 0 unspecified atom stereocenters. The Morgan fingerprint density at radius 1 is 1.10 bits per heavy atom. The zero-order chi connectivity index (χ0) is 34.3. The number of piperazine rings is 1. The Kier molecular flexibility index (Phi) is 7.78. The van der Waals surface area contributed by atoms with Crippen molar-refractivity contribution in [1.29, 1.82) is 0 Å². The van der Waals surface area contributed by atoms with Crippen molar-refractivity contribution in [2.24, 2.45) is 5.92 Å². The number of hydrogen-bond acceptors (Lipinski definition) is 8. The van der Waals surface area contributed by atoms with E-state index in [0.29, 0.717) is 49.7 Å². The van der Waals surface area contributed by atoms with E-state index in [0.717, 1.165) is 58.1 Å². The van der Waals surface area contributed by atoms with Gasteiger partial charge in [-0.25, -0.2) is 13.2 Å². The summed E-state index contributed by atoms with van der Waals surface area (Å²) >= 11 is 0. The van der Waals surface area contributed by atoms with Gasteiger partial charge in [0.15, 0.2) is 11.6 Å². The third-order valence-electron chi connectivity index (χ3n) is 11.7. The number of hydrogen-bond donors (Lipinski definition) is 2. The van der Waals surface area contributed by atoms with Gasteiger partial charge in [0.25, 0.3) is 0 Å². The molecule has 0 amide bonds. The van der Waals surface area contributed by atoms with Gasteiger partial charge in [-0.2, -0.15) is 23.1 Å². The minimum atomic E-state index is -5.02. The van der Waals surface area contributed by atoms with Gasteiger partial charge >= 0.3 is 12.2 Å². The molecule has 3 aromatic rings. The molecule has 3 N–H and O–H groups in total. The number of benzene rings is 1. The molecule has 14 heteroatoms. The number of halogens is 6. The Morgan fingerprint density at radius 3 is 2.65 bits per heavy atom. The highest BCUT2D eigenvalue weighted by Crippen LogP contribution is 2.47. The predicted octanol–water partition coefficient (Wildman–Crippen LogP) is 6.85. The molecule has 5 aliphatic rings. The second kappa shape index (κ2) is 11.7. The number of nitrogens with one attached hydrogen (secondary N) is 1. The largest absolute Gasteiger partial charge is 0.461 e. The maximum atomic E-state index is 16.8. The first-order chi connectivity index (χ1) is 23.4. The van der Waals surface area contributed by atoms with Crippen LogP contribution in [0.1, 0.15) is 68.9 Å². The molecule has 262 valence electrons. The molecule has 4 saturated heterocycles. The summed E-state index contributed by atoms with van der Waals surface area (Å²) in [5.74, 6) is -1.79. The van der Waals surface area contributed by atoms with Crippen LogP contribution in [-0.4, -0.2) is 69.8 Å². The van der Waals surface area contributed by atoms with Gasteiger partial charge in [-0.1, -0.05) is 12.8 Å². The smallest absolute Gasteiger partial charge is 0.417 e. The minimum Gasteiger partial charge on any atom is -0.461 e. The summed E-state index contributed by atoms with van der Waals surface area (Å²) < 4.78 is 95.1. The molecule has 8 rings (SSSR count). The fourth-order valence-corrected chi connectivity index (χ4v) is 9.57. The number of alkyl halides is 3. The van der Waals surface area contributed by atoms with Crippen molar-refractivity contribution < 1.29 is 31.1 Å². The van der Waals surface area contributed by atoms with E-state index < -0.39 is 45.9 Å². The molecule has 1 aliphatic carbocycles. The zero-order valence-electron chi connectivity index (χ0n) is 27.3. The van der Waals surface area contributed by atoms with Crippen LogP contribution in [0.3, 0.4) is 0 Å². The fraction of sp³-hybridized carbons (Fsp3) is 0.571. The number of nitrogens with two attached hydrogens (primary N) is 1. The number of aromatic nitrogens is 3. The molecule has 4 aliphatic heterocycles. The zero-order valence-corrected chi connectivity index (χ0v) is 27.3. The summed E-state index contributed by atoms with van der Waals surface area (Å²) in [6.07, 6.45) is 5.56. The van der Waals surface area contributed by atoms with E-state index in [-0.39, 0.29) is 40.7 Å². The van der Waals surface area contributed by atoms with Crippen molar-refractivity contribution in [2.75, 3.05) is 43.4 Å². The van der Waals surface area contributed by atoms with Crippen molar-refractivity contribution in [2.45, 2.75) is 88.0 Å². The molecule has 2 aromatic heterocycles. The van der Waals surface area contributed by atoms with Crippen LogP contribution >= 0.6 is 0 Å².